The van der Waals surface area contributed by atoms with E-state index in [0.29, 0.717) is 33.9 Å². The molecule has 2 heterocycles. The van der Waals surface area contributed by atoms with E-state index in [1.807, 2.05) is 46.3 Å². The van der Waals surface area contributed by atoms with Crippen LogP contribution >= 0.6 is 0 Å². The standard InChI is InChI=1S/C24H21N5O3/c1-14-22(29-18-9-5-4-8-17(18)28(2)24(29)26-14)23(31)27-25-13-15-11-12-20(32-3)16-7-6-10-19(30)21(15)16/h4-13,30H,1-3H3,(H,27,31)/b25-13-. The van der Waals surface area contributed by atoms with Gasteiger partial charge in [-0.05, 0) is 37.3 Å². The number of phenols is 1. The Bertz CT molecular complexity index is 1540. The van der Waals surface area contributed by atoms with E-state index in [9.17, 15) is 9.90 Å². The highest BCUT2D eigenvalue weighted by molar-refractivity contribution is 6.06. The van der Waals surface area contributed by atoms with E-state index in [1.54, 1.807) is 38.3 Å². The number of aromatic hydroxyl groups is 1. The number of nitrogens with zero attached hydrogens (tertiary/aromatic N) is 4. The summed E-state index contributed by atoms with van der Waals surface area (Å²) in [6.07, 6.45) is 1.51. The van der Waals surface area contributed by atoms with Gasteiger partial charge in [0, 0.05) is 23.4 Å². The number of benzene rings is 3. The number of imidazole rings is 2. The van der Waals surface area contributed by atoms with Crippen LogP contribution in [-0.4, -0.2) is 38.3 Å². The first-order valence-corrected chi connectivity index (χ1v) is 10.1. The summed E-state index contributed by atoms with van der Waals surface area (Å²) in [6, 6.07) is 16.6. The lowest BCUT2D eigenvalue weighted by atomic mass is 10.0. The number of carbonyl (C=O) groups is 1. The van der Waals surface area contributed by atoms with E-state index in [0.717, 1.165) is 16.4 Å². The highest BCUT2D eigenvalue weighted by atomic mass is 16.5. The van der Waals surface area contributed by atoms with Crippen molar-refractivity contribution in [2.45, 2.75) is 6.92 Å². The number of hydrogen-bond donors (Lipinski definition) is 2. The fraction of sp³-hybridized carbons (Fsp3) is 0.125. The second-order valence-electron chi connectivity index (χ2n) is 7.48. The minimum absolute atomic E-state index is 0.110. The second-order valence-corrected chi connectivity index (χ2v) is 7.48. The Morgan fingerprint density at radius 2 is 1.91 bits per heavy atom. The Labute approximate surface area is 183 Å². The summed E-state index contributed by atoms with van der Waals surface area (Å²) >= 11 is 0. The summed E-state index contributed by atoms with van der Waals surface area (Å²) in [5, 5.41) is 15.9. The van der Waals surface area contributed by atoms with Gasteiger partial charge in [0.05, 0.1) is 30.1 Å². The van der Waals surface area contributed by atoms with Gasteiger partial charge in [0.25, 0.3) is 5.91 Å². The Balaban J connectivity index is 1.52. The van der Waals surface area contributed by atoms with Crippen LogP contribution in [-0.2, 0) is 7.05 Å². The fourth-order valence-corrected chi connectivity index (χ4v) is 4.16. The lowest BCUT2D eigenvalue weighted by Crippen LogP contribution is -2.20. The number of amides is 1. The van der Waals surface area contributed by atoms with Crippen molar-refractivity contribution in [3.05, 3.63) is 71.5 Å². The average Bonchev–Trinajstić information content (AvgIpc) is 3.27. The maximum absolute atomic E-state index is 13.1. The minimum Gasteiger partial charge on any atom is -0.507 e. The molecule has 32 heavy (non-hydrogen) atoms. The van der Waals surface area contributed by atoms with Crippen LogP contribution in [0.1, 0.15) is 21.7 Å². The van der Waals surface area contributed by atoms with Crippen LogP contribution in [0.3, 0.4) is 0 Å². The monoisotopic (exact) mass is 427 g/mol. The topological polar surface area (TPSA) is 93.1 Å². The van der Waals surface area contributed by atoms with Crippen molar-refractivity contribution in [2.24, 2.45) is 12.1 Å². The Hall–Kier alpha value is -4.33. The molecule has 160 valence electrons. The Morgan fingerprint density at radius 1 is 1.12 bits per heavy atom. The van der Waals surface area contributed by atoms with Crippen LogP contribution in [0.5, 0.6) is 11.5 Å². The molecule has 5 rings (SSSR count). The van der Waals surface area contributed by atoms with E-state index in [-0.39, 0.29) is 11.7 Å². The van der Waals surface area contributed by atoms with Crippen molar-refractivity contribution < 1.29 is 14.6 Å². The molecule has 0 fully saturated rings. The summed E-state index contributed by atoms with van der Waals surface area (Å²) in [4.78, 5) is 17.6. The molecule has 0 bridgehead atoms. The lowest BCUT2D eigenvalue weighted by molar-refractivity contribution is 0.0949. The zero-order valence-corrected chi connectivity index (χ0v) is 17.8. The van der Waals surface area contributed by atoms with Crippen LogP contribution in [0.2, 0.25) is 0 Å². The number of aryl methyl sites for hydroxylation is 2. The molecular formula is C24H21N5O3. The van der Waals surface area contributed by atoms with E-state index < -0.39 is 0 Å². The molecule has 0 spiro atoms. The molecule has 2 aromatic heterocycles. The summed E-state index contributed by atoms with van der Waals surface area (Å²) in [5.74, 6) is 1.07. The molecule has 0 radical (unpaired) electrons. The first-order chi connectivity index (χ1) is 15.5. The van der Waals surface area contributed by atoms with Crippen molar-refractivity contribution in [1.29, 1.82) is 0 Å². The third-order valence-corrected chi connectivity index (χ3v) is 5.63. The number of hydrogen-bond acceptors (Lipinski definition) is 5. The normalized spacial score (nSPS) is 11.7. The molecule has 0 aliphatic rings. The largest absolute Gasteiger partial charge is 0.507 e. The van der Waals surface area contributed by atoms with Crippen LogP contribution < -0.4 is 10.2 Å². The van der Waals surface area contributed by atoms with Crippen molar-refractivity contribution in [3.63, 3.8) is 0 Å². The highest BCUT2D eigenvalue weighted by Crippen LogP contribution is 2.33. The molecule has 2 N–H and O–H groups in total. The number of methoxy groups -OCH3 is 1. The third-order valence-electron chi connectivity index (χ3n) is 5.63. The van der Waals surface area contributed by atoms with Gasteiger partial charge in [0.1, 0.15) is 17.2 Å². The molecular weight excluding hydrogens is 406 g/mol. The van der Waals surface area contributed by atoms with E-state index in [1.165, 1.54) is 6.21 Å². The molecule has 0 saturated carbocycles. The predicted octanol–water partition coefficient (Wildman–Crippen LogP) is 3.77. The molecule has 0 unspecified atom stereocenters. The second kappa shape index (κ2) is 7.42. The lowest BCUT2D eigenvalue weighted by Gasteiger charge is -2.09. The summed E-state index contributed by atoms with van der Waals surface area (Å²) in [6.45, 7) is 1.80. The van der Waals surface area contributed by atoms with Crippen LogP contribution in [0.4, 0.5) is 0 Å². The van der Waals surface area contributed by atoms with Gasteiger partial charge in [-0.2, -0.15) is 5.10 Å². The number of fused-ring (bicyclic) bond motifs is 4. The fourth-order valence-electron chi connectivity index (χ4n) is 4.16. The van der Waals surface area contributed by atoms with Gasteiger partial charge >= 0.3 is 0 Å². The van der Waals surface area contributed by atoms with Gasteiger partial charge in [-0.25, -0.2) is 10.4 Å². The van der Waals surface area contributed by atoms with Crippen LogP contribution in [0, 0.1) is 6.92 Å². The first kappa shape index (κ1) is 19.6. The zero-order valence-electron chi connectivity index (χ0n) is 17.8. The summed E-state index contributed by atoms with van der Waals surface area (Å²) in [7, 11) is 3.50. The van der Waals surface area contributed by atoms with Gasteiger partial charge in [-0.3, -0.25) is 9.20 Å². The number of ether oxygens (including phenoxy) is 1. The summed E-state index contributed by atoms with van der Waals surface area (Å²) < 4.78 is 9.17. The molecule has 8 heteroatoms. The first-order valence-electron chi connectivity index (χ1n) is 10.1. The number of para-hydroxylation sites is 2. The number of hydrazone groups is 1. The summed E-state index contributed by atoms with van der Waals surface area (Å²) in [5.41, 5.74) is 6.17. The number of aromatic nitrogens is 3. The zero-order chi connectivity index (χ0) is 22.4. The van der Waals surface area contributed by atoms with Crippen molar-refractivity contribution in [3.8, 4) is 11.5 Å². The third kappa shape index (κ3) is 2.88. The van der Waals surface area contributed by atoms with E-state index in [2.05, 4.69) is 15.5 Å². The molecule has 5 aromatic rings. The maximum atomic E-state index is 13.1. The molecule has 0 atom stereocenters. The number of phenolic OH excluding ortho intramolecular Hbond substituents is 1. The van der Waals surface area contributed by atoms with Gasteiger partial charge < -0.3 is 14.4 Å². The highest BCUT2D eigenvalue weighted by Gasteiger charge is 2.21. The quantitative estimate of drug-likeness (QED) is 0.337. The van der Waals surface area contributed by atoms with Crippen LogP contribution in [0.15, 0.2) is 59.7 Å². The molecule has 0 aliphatic carbocycles. The number of carbonyl (C=O) groups excluding carboxylic acids is 1. The SMILES string of the molecule is COc1ccc(/C=N\NC(=O)c2c(C)nc3n(C)c4ccccc4n23)c2c(O)cccc12. The molecule has 8 nitrogen and oxygen atoms in total. The van der Waals surface area contributed by atoms with Crippen molar-refractivity contribution in [2.75, 3.05) is 7.11 Å². The maximum Gasteiger partial charge on any atom is 0.290 e. The van der Waals surface area contributed by atoms with Gasteiger partial charge in [0.2, 0.25) is 5.78 Å². The van der Waals surface area contributed by atoms with Crippen molar-refractivity contribution >= 4 is 39.7 Å². The van der Waals surface area contributed by atoms with Gasteiger partial charge in [-0.15, -0.1) is 0 Å². The Kier molecular flexibility index (Phi) is 4.55. The van der Waals surface area contributed by atoms with Crippen LogP contribution in [0.25, 0.3) is 27.6 Å². The molecule has 3 aromatic carbocycles. The average molecular weight is 427 g/mol. The van der Waals surface area contributed by atoms with E-state index in [4.69, 9.17) is 4.74 Å². The Morgan fingerprint density at radius 3 is 2.69 bits per heavy atom. The van der Waals surface area contributed by atoms with Gasteiger partial charge in [-0.1, -0.05) is 24.3 Å². The van der Waals surface area contributed by atoms with Crippen molar-refractivity contribution in [1.82, 2.24) is 19.4 Å². The van der Waals surface area contributed by atoms with E-state index >= 15 is 0 Å². The number of rotatable bonds is 4. The smallest absolute Gasteiger partial charge is 0.290 e. The molecule has 0 saturated heterocycles. The molecule has 0 aliphatic heterocycles. The number of nitrogens with one attached hydrogen (secondary N) is 1. The molecule has 1 amide bonds. The van der Waals surface area contributed by atoms with Gasteiger partial charge in [0.15, 0.2) is 0 Å². The predicted molar refractivity (Wildman–Crippen MR) is 124 cm³/mol. The minimum atomic E-state index is -0.371.